The first-order valence-corrected chi connectivity index (χ1v) is 7.72. The number of halogens is 2. The van der Waals surface area contributed by atoms with Crippen molar-refractivity contribution in [3.05, 3.63) is 51.8 Å². The van der Waals surface area contributed by atoms with Crippen LogP contribution in [0.2, 0.25) is 10.2 Å². The van der Waals surface area contributed by atoms with Crippen molar-refractivity contribution in [2.24, 2.45) is 7.05 Å². The molecule has 0 aliphatic rings. The number of carbonyl (C=O) groups is 1. The summed E-state index contributed by atoms with van der Waals surface area (Å²) in [5.41, 5.74) is 1.51. The van der Waals surface area contributed by atoms with Crippen molar-refractivity contribution in [1.29, 1.82) is 0 Å². The summed E-state index contributed by atoms with van der Waals surface area (Å²) in [6.45, 7) is 0.751. The SMILES string of the molecule is C#CCOc1ccc(CCNC(=O)c2cc(Cl)c(Cl)n2C)cc1. The van der Waals surface area contributed by atoms with Gasteiger partial charge in [-0.2, -0.15) is 0 Å². The van der Waals surface area contributed by atoms with Gasteiger partial charge in [0, 0.05) is 13.6 Å². The summed E-state index contributed by atoms with van der Waals surface area (Å²) >= 11 is 11.9. The zero-order valence-electron chi connectivity index (χ0n) is 12.6. The Kier molecular flexibility index (Phi) is 5.97. The number of hydrogen-bond acceptors (Lipinski definition) is 2. The fraction of sp³-hybridized carbons (Fsp3) is 0.235. The molecule has 0 spiro atoms. The third kappa shape index (κ3) is 4.44. The van der Waals surface area contributed by atoms with Crippen LogP contribution in [0.4, 0.5) is 0 Å². The fourth-order valence-electron chi connectivity index (χ4n) is 2.05. The van der Waals surface area contributed by atoms with Gasteiger partial charge in [-0.3, -0.25) is 4.79 Å². The van der Waals surface area contributed by atoms with E-state index in [-0.39, 0.29) is 12.5 Å². The van der Waals surface area contributed by atoms with Gasteiger partial charge in [0.2, 0.25) is 0 Å². The molecule has 0 saturated carbocycles. The highest BCUT2D eigenvalue weighted by atomic mass is 35.5. The van der Waals surface area contributed by atoms with E-state index in [2.05, 4.69) is 11.2 Å². The Labute approximate surface area is 145 Å². The number of benzene rings is 1. The molecule has 0 bridgehead atoms. The summed E-state index contributed by atoms with van der Waals surface area (Å²) in [5, 5.41) is 3.55. The number of amides is 1. The summed E-state index contributed by atoms with van der Waals surface area (Å²) in [4.78, 5) is 12.1. The average Bonchev–Trinajstić information content (AvgIpc) is 2.81. The lowest BCUT2D eigenvalue weighted by atomic mass is 10.1. The third-order valence-corrected chi connectivity index (χ3v) is 4.14. The van der Waals surface area contributed by atoms with Crippen LogP contribution in [-0.4, -0.2) is 23.6 Å². The smallest absolute Gasteiger partial charge is 0.268 e. The van der Waals surface area contributed by atoms with Gasteiger partial charge in [-0.1, -0.05) is 41.3 Å². The highest BCUT2D eigenvalue weighted by Gasteiger charge is 2.15. The van der Waals surface area contributed by atoms with E-state index >= 15 is 0 Å². The number of aromatic nitrogens is 1. The minimum Gasteiger partial charge on any atom is -0.481 e. The van der Waals surface area contributed by atoms with Crippen LogP contribution in [0.15, 0.2) is 30.3 Å². The predicted octanol–water partition coefficient (Wildman–Crippen LogP) is 3.32. The predicted molar refractivity (Wildman–Crippen MR) is 92.2 cm³/mol. The van der Waals surface area contributed by atoms with Crippen molar-refractivity contribution in [1.82, 2.24) is 9.88 Å². The maximum Gasteiger partial charge on any atom is 0.268 e. The lowest BCUT2D eigenvalue weighted by Gasteiger charge is -2.07. The molecule has 1 N–H and O–H groups in total. The number of carbonyl (C=O) groups excluding carboxylic acids is 1. The Balaban J connectivity index is 1.86. The van der Waals surface area contributed by atoms with Gasteiger partial charge in [-0.15, -0.1) is 6.42 Å². The van der Waals surface area contributed by atoms with E-state index in [0.717, 1.165) is 11.3 Å². The molecule has 120 valence electrons. The number of ether oxygens (including phenoxy) is 1. The van der Waals surface area contributed by atoms with Crippen LogP contribution in [0.25, 0.3) is 0 Å². The van der Waals surface area contributed by atoms with Crippen molar-refractivity contribution in [2.45, 2.75) is 6.42 Å². The quantitative estimate of drug-likeness (QED) is 0.812. The van der Waals surface area contributed by atoms with Crippen LogP contribution in [0.3, 0.4) is 0 Å². The van der Waals surface area contributed by atoms with E-state index in [4.69, 9.17) is 34.4 Å². The molecular weight excluding hydrogens is 335 g/mol. The first-order valence-electron chi connectivity index (χ1n) is 6.97. The maximum absolute atomic E-state index is 12.1. The molecule has 0 unspecified atom stereocenters. The molecule has 1 aromatic heterocycles. The molecule has 1 heterocycles. The Morgan fingerprint density at radius 3 is 2.61 bits per heavy atom. The Hall–Kier alpha value is -2.09. The molecule has 4 nitrogen and oxygen atoms in total. The van der Waals surface area contributed by atoms with Gasteiger partial charge in [-0.05, 0) is 30.2 Å². The lowest BCUT2D eigenvalue weighted by Crippen LogP contribution is -2.27. The van der Waals surface area contributed by atoms with Crippen molar-refractivity contribution in [3.8, 4) is 18.1 Å². The highest BCUT2D eigenvalue weighted by Crippen LogP contribution is 2.24. The highest BCUT2D eigenvalue weighted by molar-refractivity contribution is 6.41. The Morgan fingerprint density at radius 2 is 2.04 bits per heavy atom. The molecule has 0 atom stereocenters. The number of terminal acetylenes is 1. The molecule has 0 radical (unpaired) electrons. The first kappa shape index (κ1) is 17.3. The van der Waals surface area contributed by atoms with E-state index in [1.165, 1.54) is 0 Å². The molecule has 0 aliphatic heterocycles. The molecular formula is C17H16Cl2N2O2. The molecule has 0 saturated heterocycles. The van der Waals surface area contributed by atoms with Gasteiger partial charge < -0.3 is 14.6 Å². The largest absolute Gasteiger partial charge is 0.481 e. The topological polar surface area (TPSA) is 43.3 Å². The van der Waals surface area contributed by atoms with Gasteiger partial charge in [0.15, 0.2) is 0 Å². The van der Waals surface area contributed by atoms with Gasteiger partial charge in [0.1, 0.15) is 23.2 Å². The van der Waals surface area contributed by atoms with Crippen LogP contribution in [0, 0.1) is 12.3 Å². The summed E-state index contributed by atoms with van der Waals surface area (Å²) in [6.07, 6.45) is 5.84. The molecule has 1 aromatic carbocycles. The number of nitrogens with one attached hydrogen (secondary N) is 1. The molecule has 1 amide bonds. The normalized spacial score (nSPS) is 10.2. The second kappa shape index (κ2) is 7.96. The third-order valence-electron chi connectivity index (χ3n) is 3.29. The standard InChI is InChI=1S/C17H16Cl2N2O2/c1-3-10-23-13-6-4-12(5-7-13)8-9-20-17(22)15-11-14(18)16(19)21(15)2/h1,4-7,11H,8-10H2,2H3,(H,20,22). The molecule has 23 heavy (non-hydrogen) atoms. The molecule has 2 rings (SSSR count). The fourth-order valence-corrected chi connectivity index (χ4v) is 2.42. The maximum atomic E-state index is 12.1. The minimum atomic E-state index is -0.213. The van der Waals surface area contributed by atoms with Gasteiger partial charge in [0.25, 0.3) is 5.91 Å². The van der Waals surface area contributed by atoms with Crippen LogP contribution in [-0.2, 0) is 13.5 Å². The Bertz CT molecular complexity index is 730. The molecule has 0 aliphatic carbocycles. The minimum absolute atomic E-state index is 0.213. The average molecular weight is 351 g/mol. The second-order valence-corrected chi connectivity index (χ2v) is 5.64. The zero-order chi connectivity index (χ0) is 16.8. The van der Waals surface area contributed by atoms with Crippen molar-refractivity contribution >= 4 is 29.1 Å². The van der Waals surface area contributed by atoms with E-state index in [0.29, 0.717) is 28.8 Å². The molecule has 0 fully saturated rings. The molecule has 2 aromatic rings. The molecule has 6 heteroatoms. The van der Waals surface area contributed by atoms with E-state index < -0.39 is 0 Å². The van der Waals surface area contributed by atoms with Crippen molar-refractivity contribution in [3.63, 3.8) is 0 Å². The second-order valence-electron chi connectivity index (χ2n) is 4.87. The monoisotopic (exact) mass is 350 g/mol. The summed E-state index contributed by atoms with van der Waals surface area (Å²) in [6, 6.07) is 9.13. The van der Waals surface area contributed by atoms with Gasteiger partial charge in [-0.25, -0.2) is 0 Å². The summed E-state index contributed by atoms with van der Waals surface area (Å²) in [5.74, 6) is 2.93. The number of nitrogens with zero attached hydrogens (tertiary/aromatic N) is 1. The zero-order valence-corrected chi connectivity index (χ0v) is 14.1. The summed E-state index contributed by atoms with van der Waals surface area (Å²) in [7, 11) is 1.69. The lowest BCUT2D eigenvalue weighted by molar-refractivity contribution is 0.0946. The van der Waals surface area contributed by atoms with Gasteiger partial charge in [0.05, 0.1) is 5.02 Å². The first-order chi connectivity index (χ1) is 11.0. The number of rotatable bonds is 6. The Morgan fingerprint density at radius 1 is 1.35 bits per heavy atom. The van der Waals surface area contributed by atoms with Gasteiger partial charge >= 0.3 is 0 Å². The van der Waals surface area contributed by atoms with Crippen LogP contribution < -0.4 is 10.1 Å². The van der Waals surface area contributed by atoms with E-state index in [1.807, 2.05) is 24.3 Å². The van der Waals surface area contributed by atoms with Crippen molar-refractivity contribution in [2.75, 3.05) is 13.2 Å². The van der Waals surface area contributed by atoms with Crippen LogP contribution in [0.1, 0.15) is 16.1 Å². The van der Waals surface area contributed by atoms with E-state index in [9.17, 15) is 4.79 Å². The van der Waals surface area contributed by atoms with Crippen LogP contribution in [0.5, 0.6) is 5.75 Å². The van der Waals surface area contributed by atoms with Crippen LogP contribution >= 0.6 is 23.2 Å². The number of hydrogen-bond donors (Lipinski definition) is 1. The summed E-state index contributed by atoms with van der Waals surface area (Å²) < 4.78 is 6.86. The van der Waals surface area contributed by atoms with E-state index in [1.54, 1.807) is 17.7 Å². The van der Waals surface area contributed by atoms with Crippen molar-refractivity contribution < 1.29 is 9.53 Å².